The van der Waals surface area contributed by atoms with Crippen LogP contribution in [0.5, 0.6) is 0 Å². The lowest BCUT2D eigenvalue weighted by Gasteiger charge is -1.94. The molecule has 0 amide bonds. The van der Waals surface area contributed by atoms with Gasteiger partial charge in [0.2, 0.25) is 0 Å². The maximum absolute atomic E-state index is 11.0. The van der Waals surface area contributed by atoms with E-state index in [1.54, 1.807) is 19.1 Å². The van der Waals surface area contributed by atoms with Gasteiger partial charge in [0.05, 0.1) is 6.26 Å². The predicted octanol–water partition coefficient (Wildman–Crippen LogP) is 0.0927. The quantitative estimate of drug-likeness (QED) is 0.592. The third-order valence-corrected chi connectivity index (χ3v) is 1.21. The molecule has 0 spiro atoms. The Morgan fingerprint density at radius 3 is 2.90 bits per heavy atom. The highest BCUT2D eigenvalue weighted by Gasteiger charge is 2.15. The average molecular weight is 140 g/mol. The van der Waals surface area contributed by atoms with Crippen molar-refractivity contribution < 1.29 is 14.9 Å². The number of carbonyl (C=O) groups excluding carboxylic acids is 1. The van der Waals surface area contributed by atoms with E-state index >= 15 is 0 Å². The van der Waals surface area contributed by atoms with Crippen LogP contribution in [0.15, 0.2) is 22.8 Å². The molecule has 10 heavy (non-hydrogen) atoms. The maximum atomic E-state index is 11.0. The number of hydrogen-bond acceptors (Lipinski definition) is 2. The lowest BCUT2D eigenvalue weighted by atomic mass is 10.2. The summed E-state index contributed by atoms with van der Waals surface area (Å²) >= 11 is 0. The number of carbonyl (C=O) groups is 1. The molecule has 3 nitrogen and oxygen atoms in total. The van der Waals surface area contributed by atoms with Gasteiger partial charge in [0, 0.05) is 0 Å². The Hall–Kier alpha value is -1.09. The molecule has 0 bridgehead atoms. The van der Waals surface area contributed by atoms with Gasteiger partial charge < -0.3 is 10.2 Å². The molecule has 54 valence electrons. The lowest BCUT2D eigenvalue weighted by Crippen LogP contribution is -2.63. The molecule has 0 fully saturated rings. The van der Waals surface area contributed by atoms with Crippen molar-refractivity contribution in [3.05, 3.63) is 24.2 Å². The van der Waals surface area contributed by atoms with Crippen molar-refractivity contribution in [1.82, 2.24) is 0 Å². The Bertz CT molecular complexity index is 214. The second-order valence-corrected chi connectivity index (χ2v) is 2.24. The minimum Gasteiger partial charge on any atom is -0.461 e. The summed E-state index contributed by atoms with van der Waals surface area (Å²) in [4.78, 5) is 11.0. The van der Waals surface area contributed by atoms with Gasteiger partial charge in [-0.3, -0.25) is 4.79 Å². The topological polar surface area (TPSA) is 57.9 Å². The molecule has 0 aliphatic heterocycles. The second kappa shape index (κ2) is 2.66. The van der Waals surface area contributed by atoms with Crippen LogP contribution in [0.25, 0.3) is 0 Å². The van der Waals surface area contributed by atoms with Gasteiger partial charge in [-0.15, -0.1) is 0 Å². The molecule has 1 aromatic rings. The van der Waals surface area contributed by atoms with Gasteiger partial charge in [-0.2, -0.15) is 0 Å². The zero-order valence-corrected chi connectivity index (χ0v) is 5.83. The molecule has 1 rings (SSSR count). The Morgan fingerprint density at radius 1 is 1.80 bits per heavy atom. The third kappa shape index (κ3) is 1.25. The monoisotopic (exact) mass is 140 g/mol. The molecule has 1 heterocycles. The summed E-state index contributed by atoms with van der Waals surface area (Å²) in [7, 11) is 0. The molecule has 1 atom stereocenters. The van der Waals surface area contributed by atoms with E-state index in [0.29, 0.717) is 5.76 Å². The molecule has 0 unspecified atom stereocenters. The number of rotatable bonds is 2. The normalized spacial score (nSPS) is 13.0. The molecule has 3 heteroatoms. The lowest BCUT2D eigenvalue weighted by molar-refractivity contribution is -0.393. The standard InChI is InChI=1S/C7H9NO2/c1-5(8)7(9)6-3-2-4-10-6/h2-5H,8H2,1H3/p+1/t5-/m0/s1. The summed E-state index contributed by atoms with van der Waals surface area (Å²) in [5.74, 6) is 0.340. The van der Waals surface area contributed by atoms with E-state index in [4.69, 9.17) is 4.42 Å². The molecule has 0 aromatic carbocycles. The summed E-state index contributed by atoms with van der Waals surface area (Å²) in [5.41, 5.74) is 3.58. The van der Waals surface area contributed by atoms with E-state index < -0.39 is 0 Å². The zero-order chi connectivity index (χ0) is 7.56. The van der Waals surface area contributed by atoms with Crippen LogP contribution in [0.4, 0.5) is 0 Å². The Labute approximate surface area is 58.8 Å². The molecule has 0 saturated carbocycles. The van der Waals surface area contributed by atoms with E-state index in [0.717, 1.165) is 0 Å². The minimum atomic E-state index is -0.230. The van der Waals surface area contributed by atoms with E-state index in [2.05, 4.69) is 5.73 Å². The predicted molar refractivity (Wildman–Crippen MR) is 35.4 cm³/mol. The number of Topliss-reactive ketones (excluding diaryl/α,β-unsaturated/α-hetero) is 1. The van der Waals surface area contributed by atoms with Crippen LogP contribution in [0.2, 0.25) is 0 Å². The van der Waals surface area contributed by atoms with Crippen LogP contribution in [-0.4, -0.2) is 11.8 Å². The Morgan fingerprint density at radius 2 is 2.50 bits per heavy atom. The Kier molecular flexibility index (Phi) is 1.87. The van der Waals surface area contributed by atoms with E-state index in [1.165, 1.54) is 6.26 Å². The summed E-state index contributed by atoms with van der Waals surface area (Å²) in [6.45, 7) is 1.74. The van der Waals surface area contributed by atoms with Crippen LogP contribution >= 0.6 is 0 Å². The number of furan rings is 1. The van der Waals surface area contributed by atoms with Crippen LogP contribution in [-0.2, 0) is 0 Å². The second-order valence-electron chi connectivity index (χ2n) is 2.24. The van der Waals surface area contributed by atoms with Crippen LogP contribution in [0, 0.1) is 0 Å². The molecule has 0 aliphatic carbocycles. The maximum Gasteiger partial charge on any atom is 0.254 e. The highest BCUT2D eigenvalue weighted by atomic mass is 16.3. The summed E-state index contributed by atoms with van der Waals surface area (Å²) in [6.07, 6.45) is 1.48. The first-order valence-corrected chi connectivity index (χ1v) is 3.12. The number of ketones is 1. The highest BCUT2D eigenvalue weighted by Crippen LogP contribution is 2.01. The average Bonchev–Trinajstić information content (AvgIpc) is 2.36. The molecular formula is C7H10NO2+. The van der Waals surface area contributed by atoms with Gasteiger partial charge >= 0.3 is 0 Å². The number of hydrogen-bond donors (Lipinski definition) is 1. The molecular weight excluding hydrogens is 130 g/mol. The largest absolute Gasteiger partial charge is 0.461 e. The Balaban J connectivity index is 2.78. The van der Waals surface area contributed by atoms with E-state index in [9.17, 15) is 4.79 Å². The van der Waals surface area contributed by atoms with Gasteiger partial charge in [0.1, 0.15) is 6.04 Å². The fraction of sp³-hybridized carbons (Fsp3) is 0.286. The first-order chi connectivity index (χ1) is 4.72. The third-order valence-electron chi connectivity index (χ3n) is 1.21. The minimum absolute atomic E-state index is 0.0509. The molecule has 1 aromatic heterocycles. The van der Waals surface area contributed by atoms with Crippen molar-refractivity contribution in [3.8, 4) is 0 Å². The van der Waals surface area contributed by atoms with Gasteiger partial charge in [-0.1, -0.05) is 0 Å². The SMILES string of the molecule is C[C@H]([NH3+])C(=O)c1ccco1. The first kappa shape index (κ1) is 7.02. The summed E-state index contributed by atoms with van der Waals surface area (Å²) < 4.78 is 4.87. The van der Waals surface area contributed by atoms with Crippen molar-refractivity contribution in [2.45, 2.75) is 13.0 Å². The number of quaternary nitrogens is 1. The van der Waals surface area contributed by atoms with Crippen molar-refractivity contribution >= 4 is 5.78 Å². The fourth-order valence-corrected chi connectivity index (χ4v) is 0.662. The fourth-order valence-electron chi connectivity index (χ4n) is 0.662. The summed E-state index contributed by atoms with van der Waals surface area (Å²) in [5, 5.41) is 0. The smallest absolute Gasteiger partial charge is 0.254 e. The van der Waals surface area contributed by atoms with Crippen LogP contribution < -0.4 is 5.73 Å². The van der Waals surface area contributed by atoms with Crippen molar-refractivity contribution in [2.24, 2.45) is 0 Å². The first-order valence-electron chi connectivity index (χ1n) is 3.12. The van der Waals surface area contributed by atoms with Gasteiger partial charge in [-0.25, -0.2) is 0 Å². The van der Waals surface area contributed by atoms with Gasteiger partial charge in [-0.05, 0) is 19.1 Å². The van der Waals surface area contributed by atoms with Crippen LogP contribution in [0.3, 0.4) is 0 Å². The van der Waals surface area contributed by atoms with E-state index in [1.807, 2.05) is 0 Å². The van der Waals surface area contributed by atoms with Crippen molar-refractivity contribution in [3.63, 3.8) is 0 Å². The van der Waals surface area contributed by atoms with Gasteiger partial charge in [0.25, 0.3) is 5.78 Å². The van der Waals surface area contributed by atoms with Crippen LogP contribution in [0.1, 0.15) is 17.5 Å². The molecule has 0 aliphatic rings. The van der Waals surface area contributed by atoms with Gasteiger partial charge in [0.15, 0.2) is 5.76 Å². The zero-order valence-electron chi connectivity index (χ0n) is 5.83. The molecule has 0 saturated heterocycles. The highest BCUT2D eigenvalue weighted by molar-refractivity contribution is 5.96. The summed E-state index contributed by atoms with van der Waals surface area (Å²) in [6, 6.07) is 3.10. The molecule has 0 radical (unpaired) electrons. The van der Waals surface area contributed by atoms with Crippen molar-refractivity contribution in [1.29, 1.82) is 0 Å². The van der Waals surface area contributed by atoms with Crippen molar-refractivity contribution in [2.75, 3.05) is 0 Å². The molecule has 3 N–H and O–H groups in total. The van der Waals surface area contributed by atoms with E-state index in [-0.39, 0.29) is 11.8 Å².